The average Bonchev–Trinajstić information content (AvgIpc) is 3.03. The van der Waals surface area contributed by atoms with Crippen LogP contribution in [0.25, 0.3) is 10.4 Å². The fourth-order valence-corrected chi connectivity index (χ4v) is 4.39. The molecular weight excluding hydrogens is 340 g/mol. The molecule has 132 valence electrons. The first-order chi connectivity index (χ1) is 11.2. The molecule has 24 heavy (non-hydrogen) atoms. The van der Waals surface area contributed by atoms with E-state index < -0.39 is 0 Å². The molecule has 1 saturated carbocycles. The van der Waals surface area contributed by atoms with Crippen LogP contribution in [0.2, 0.25) is 0 Å². The van der Waals surface area contributed by atoms with Crippen LogP contribution in [-0.2, 0) is 13.0 Å². The molecule has 1 aliphatic rings. The van der Waals surface area contributed by atoms with E-state index in [0.717, 1.165) is 29.8 Å². The average molecular weight is 367 g/mol. The predicted molar refractivity (Wildman–Crippen MR) is 105 cm³/mol. The van der Waals surface area contributed by atoms with Gasteiger partial charge in [-0.25, -0.2) is 0 Å². The van der Waals surface area contributed by atoms with Crippen LogP contribution in [0.1, 0.15) is 55.2 Å². The lowest BCUT2D eigenvalue weighted by Gasteiger charge is -2.22. The maximum atomic E-state index is 11.9. The molecular formula is C19H27ClN2OS. The number of hydrogen-bond donors (Lipinski definition) is 2. The van der Waals surface area contributed by atoms with Gasteiger partial charge in [-0.15, -0.1) is 23.7 Å². The summed E-state index contributed by atoms with van der Waals surface area (Å²) in [6.07, 6.45) is 7.53. The van der Waals surface area contributed by atoms with Gasteiger partial charge in [-0.1, -0.05) is 26.2 Å². The standard InChI is InChI=1S/C19H26N2OS.ClH/c1-3-14-11-17(13(2)21-19(14)22)18-10-9-16(23-18)12-20-15-7-5-4-6-8-15;/h9-11,15,20H,3-8,12H2,1-2H3,(H,21,22);1H. The highest BCUT2D eigenvalue weighted by Crippen LogP contribution is 2.30. The third-order valence-corrected chi connectivity index (χ3v) is 5.91. The van der Waals surface area contributed by atoms with E-state index in [0.29, 0.717) is 6.04 Å². The molecule has 5 heteroatoms. The van der Waals surface area contributed by atoms with Crippen molar-refractivity contribution in [1.82, 2.24) is 10.3 Å². The highest BCUT2D eigenvalue weighted by atomic mass is 35.5. The van der Waals surface area contributed by atoms with Gasteiger partial charge in [-0.3, -0.25) is 4.79 Å². The lowest BCUT2D eigenvalue weighted by atomic mass is 9.95. The third-order valence-electron chi connectivity index (χ3n) is 4.79. The number of nitrogens with one attached hydrogen (secondary N) is 2. The highest BCUT2D eigenvalue weighted by molar-refractivity contribution is 7.15. The highest BCUT2D eigenvalue weighted by Gasteiger charge is 2.14. The number of hydrogen-bond acceptors (Lipinski definition) is 3. The van der Waals surface area contributed by atoms with Crippen molar-refractivity contribution in [1.29, 1.82) is 0 Å². The molecule has 2 aromatic heterocycles. The second-order valence-corrected chi connectivity index (χ2v) is 7.67. The second kappa shape index (κ2) is 8.84. The number of pyridine rings is 1. The molecule has 3 nitrogen and oxygen atoms in total. The summed E-state index contributed by atoms with van der Waals surface area (Å²) >= 11 is 1.83. The van der Waals surface area contributed by atoms with Gasteiger partial charge in [0.2, 0.25) is 0 Å². The maximum Gasteiger partial charge on any atom is 0.251 e. The number of thiophene rings is 1. The molecule has 2 heterocycles. The largest absolute Gasteiger partial charge is 0.326 e. The van der Waals surface area contributed by atoms with Crippen molar-refractivity contribution < 1.29 is 0 Å². The first kappa shape index (κ1) is 19.2. The summed E-state index contributed by atoms with van der Waals surface area (Å²) in [5, 5.41) is 3.70. The molecule has 0 radical (unpaired) electrons. The van der Waals surface area contributed by atoms with Crippen molar-refractivity contribution in [3.8, 4) is 10.4 Å². The third kappa shape index (κ3) is 4.50. The molecule has 0 aliphatic heterocycles. The first-order valence-corrected chi connectivity index (χ1v) is 9.54. The number of H-pyrrole nitrogens is 1. The molecule has 2 N–H and O–H groups in total. The van der Waals surface area contributed by atoms with E-state index in [9.17, 15) is 4.79 Å². The predicted octanol–water partition coefficient (Wildman–Crippen LogP) is 4.82. The normalized spacial score (nSPS) is 15.2. The van der Waals surface area contributed by atoms with Crippen molar-refractivity contribution in [3.63, 3.8) is 0 Å². The van der Waals surface area contributed by atoms with Gasteiger partial charge in [0.05, 0.1) is 0 Å². The number of aromatic amines is 1. The SMILES string of the molecule is CCc1cc(-c2ccc(CNC3CCCCC3)s2)c(C)[nH]c1=O.Cl. The van der Waals surface area contributed by atoms with Gasteiger partial charge in [0.1, 0.15) is 0 Å². The summed E-state index contributed by atoms with van der Waals surface area (Å²) in [5.74, 6) is 0. The smallest absolute Gasteiger partial charge is 0.251 e. The van der Waals surface area contributed by atoms with Gasteiger partial charge in [0.25, 0.3) is 5.56 Å². The Labute approximate surface area is 154 Å². The van der Waals surface area contributed by atoms with Crippen LogP contribution in [0.15, 0.2) is 23.0 Å². The van der Waals surface area contributed by atoms with Crippen molar-refractivity contribution >= 4 is 23.7 Å². The van der Waals surface area contributed by atoms with Gasteiger partial charge >= 0.3 is 0 Å². The fourth-order valence-electron chi connectivity index (χ4n) is 3.35. The maximum absolute atomic E-state index is 11.9. The van der Waals surface area contributed by atoms with Crippen LogP contribution in [0.5, 0.6) is 0 Å². The Hall–Kier alpha value is -1.10. The Kier molecular flexibility index (Phi) is 7.08. The van der Waals surface area contributed by atoms with Crippen LogP contribution in [-0.4, -0.2) is 11.0 Å². The van der Waals surface area contributed by atoms with E-state index in [1.165, 1.54) is 41.9 Å². The summed E-state index contributed by atoms with van der Waals surface area (Å²) < 4.78 is 0. The molecule has 3 rings (SSSR count). The fraction of sp³-hybridized carbons (Fsp3) is 0.526. The summed E-state index contributed by atoms with van der Waals surface area (Å²) in [5.41, 5.74) is 3.03. The Morgan fingerprint density at radius 2 is 2.00 bits per heavy atom. The Morgan fingerprint density at radius 1 is 1.25 bits per heavy atom. The number of halogens is 1. The van der Waals surface area contributed by atoms with E-state index in [1.807, 2.05) is 25.2 Å². The zero-order valence-corrected chi connectivity index (χ0v) is 16.1. The zero-order chi connectivity index (χ0) is 16.2. The van der Waals surface area contributed by atoms with Crippen molar-refractivity contribution in [2.24, 2.45) is 0 Å². The van der Waals surface area contributed by atoms with Gasteiger partial charge in [0.15, 0.2) is 0 Å². The molecule has 0 amide bonds. The van der Waals surface area contributed by atoms with E-state index in [1.54, 1.807) is 0 Å². The Bertz CT molecular complexity index is 716. The van der Waals surface area contributed by atoms with Crippen LogP contribution in [0.3, 0.4) is 0 Å². The van der Waals surface area contributed by atoms with Crippen LogP contribution < -0.4 is 10.9 Å². The number of aromatic nitrogens is 1. The lowest BCUT2D eigenvalue weighted by Crippen LogP contribution is -2.30. The molecule has 0 saturated heterocycles. The number of aryl methyl sites for hydroxylation is 2. The van der Waals surface area contributed by atoms with Gasteiger partial charge in [-0.2, -0.15) is 0 Å². The monoisotopic (exact) mass is 366 g/mol. The number of rotatable bonds is 5. The van der Waals surface area contributed by atoms with Gasteiger partial charge < -0.3 is 10.3 Å². The topological polar surface area (TPSA) is 44.9 Å². The van der Waals surface area contributed by atoms with E-state index >= 15 is 0 Å². The zero-order valence-electron chi connectivity index (χ0n) is 14.5. The summed E-state index contributed by atoms with van der Waals surface area (Å²) in [4.78, 5) is 17.5. The molecule has 2 aromatic rings. The van der Waals surface area contributed by atoms with Crippen LogP contribution >= 0.6 is 23.7 Å². The minimum absolute atomic E-state index is 0. The van der Waals surface area contributed by atoms with E-state index in [-0.39, 0.29) is 18.0 Å². The van der Waals surface area contributed by atoms with E-state index in [2.05, 4.69) is 28.5 Å². The lowest BCUT2D eigenvalue weighted by molar-refractivity contribution is 0.373. The molecule has 0 spiro atoms. The van der Waals surface area contributed by atoms with Crippen molar-refractivity contribution in [2.45, 2.75) is 65.0 Å². The molecule has 0 bridgehead atoms. The van der Waals surface area contributed by atoms with Crippen LogP contribution in [0.4, 0.5) is 0 Å². The summed E-state index contributed by atoms with van der Waals surface area (Å²) in [6, 6.07) is 7.14. The van der Waals surface area contributed by atoms with Gasteiger partial charge in [0, 0.05) is 39.2 Å². The van der Waals surface area contributed by atoms with Crippen molar-refractivity contribution in [2.75, 3.05) is 0 Å². The molecule has 1 aliphatic carbocycles. The first-order valence-electron chi connectivity index (χ1n) is 8.72. The Balaban J connectivity index is 0.00000208. The summed E-state index contributed by atoms with van der Waals surface area (Å²) in [7, 11) is 0. The minimum atomic E-state index is 0. The molecule has 1 fully saturated rings. The quantitative estimate of drug-likeness (QED) is 0.796. The molecule has 0 atom stereocenters. The summed E-state index contributed by atoms with van der Waals surface area (Å²) in [6.45, 7) is 4.96. The van der Waals surface area contributed by atoms with E-state index in [4.69, 9.17) is 0 Å². The second-order valence-electron chi connectivity index (χ2n) is 6.50. The minimum Gasteiger partial charge on any atom is -0.326 e. The molecule has 0 aromatic carbocycles. The van der Waals surface area contributed by atoms with Gasteiger partial charge in [-0.05, 0) is 44.4 Å². The van der Waals surface area contributed by atoms with Crippen molar-refractivity contribution in [3.05, 3.63) is 44.7 Å². The van der Waals surface area contributed by atoms with Crippen LogP contribution in [0, 0.1) is 6.92 Å². The Morgan fingerprint density at radius 3 is 2.71 bits per heavy atom. The molecule has 0 unspecified atom stereocenters.